The molecule has 1 N–H and O–H groups in total. The summed E-state index contributed by atoms with van der Waals surface area (Å²) in [6.45, 7) is 3.03. The van der Waals surface area contributed by atoms with E-state index in [-0.39, 0.29) is 0 Å². The SMILES string of the molecule is CCCNC(CSC)Cc1ccc(C(F)(F)F)cc1. The standard InChI is InChI=1S/C14H20F3NS/c1-3-8-18-13(10-19-2)9-11-4-6-12(7-5-11)14(15,16)17/h4-7,13,18H,3,8-10H2,1-2H3. The molecule has 108 valence electrons. The summed E-state index contributed by atoms with van der Waals surface area (Å²) in [6, 6.07) is 5.77. The molecule has 1 atom stereocenters. The molecule has 0 saturated carbocycles. The Labute approximate surface area is 117 Å². The smallest absolute Gasteiger partial charge is 0.313 e. The third-order valence-corrected chi connectivity index (χ3v) is 3.55. The van der Waals surface area contributed by atoms with E-state index in [1.807, 2.05) is 6.26 Å². The van der Waals surface area contributed by atoms with E-state index in [1.165, 1.54) is 0 Å². The lowest BCUT2D eigenvalue weighted by molar-refractivity contribution is -0.137. The lowest BCUT2D eigenvalue weighted by Crippen LogP contribution is -2.33. The van der Waals surface area contributed by atoms with Gasteiger partial charge >= 0.3 is 6.18 Å². The first-order valence-corrected chi connectivity index (χ1v) is 7.75. The molecule has 19 heavy (non-hydrogen) atoms. The van der Waals surface area contributed by atoms with Crippen molar-refractivity contribution in [2.45, 2.75) is 32.0 Å². The van der Waals surface area contributed by atoms with Crippen LogP contribution in [0.5, 0.6) is 0 Å². The van der Waals surface area contributed by atoms with Crippen LogP contribution in [0.1, 0.15) is 24.5 Å². The molecule has 1 aromatic carbocycles. The molecular formula is C14H20F3NS. The number of halogens is 3. The van der Waals surface area contributed by atoms with Gasteiger partial charge in [-0.1, -0.05) is 19.1 Å². The average Bonchev–Trinajstić information content (AvgIpc) is 2.36. The van der Waals surface area contributed by atoms with Crippen molar-refractivity contribution in [3.63, 3.8) is 0 Å². The number of rotatable bonds is 7. The largest absolute Gasteiger partial charge is 0.416 e. The van der Waals surface area contributed by atoms with E-state index < -0.39 is 11.7 Å². The van der Waals surface area contributed by atoms with E-state index in [0.717, 1.165) is 42.8 Å². The van der Waals surface area contributed by atoms with Gasteiger partial charge in [-0.05, 0) is 43.3 Å². The molecule has 0 aliphatic heterocycles. The fourth-order valence-corrected chi connectivity index (χ4v) is 2.49. The predicted molar refractivity (Wildman–Crippen MR) is 75.6 cm³/mol. The van der Waals surface area contributed by atoms with Crippen LogP contribution in [-0.4, -0.2) is 24.6 Å². The zero-order valence-corrected chi connectivity index (χ0v) is 12.1. The van der Waals surface area contributed by atoms with E-state index >= 15 is 0 Å². The number of hydrogen-bond donors (Lipinski definition) is 1. The highest BCUT2D eigenvalue weighted by Crippen LogP contribution is 2.29. The third kappa shape index (κ3) is 5.87. The van der Waals surface area contributed by atoms with Crippen molar-refractivity contribution in [1.29, 1.82) is 0 Å². The Balaban J connectivity index is 2.64. The van der Waals surface area contributed by atoms with Crippen LogP contribution in [0.15, 0.2) is 24.3 Å². The van der Waals surface area contributed by atoms with Gasteiger partial charge in [0.25, 0.3) is 0 Å². The molecule has 0 saturated heterocycles. The first-order valence-electron chi connectivity index (χ1n) is 6.35. The van der Waals surface area contributed by atoms with Gasteiger partial charge in [-0.2, -0.15) is 24.9 Å². The highest BCUT2D eigenvalue weighted by atomic mass is 32.2. The molecule has 0 heterocycles. The van der Waals surface area contributed by atoms with Crippen molar-refractivity contribution < 1.29 is 13.2 Å². The topological polar surface area (TPSA) is 12.0 Å². The Hall–Kier alpha value is -0.680. The van der Waals surface area contributed by atoms with Gasteiger partial charge < -0.3 is 5.32 Å². The first kappa shape index (κ1) is 16.4. The summed E-state index contributed by atoms with van der Waals surface area (Å²) < 4.78 is 37.4. The van der Waals surface area contributed by atoms with Gasteiger partial charge in [-0.3, -0.25) is 0 Å². The summed E-state index contributed by atoms with van der Waals surface area (Å²) in [4.78, 5) is 0. The number of thioether (sulfide) groups is 1. The van der Waals surface area contributed by atoms with Crippen LogP contribution in [0.4, 0.5) is 13.2 Å². The normalized spacial score (nSPS) is 13.5. The van der Waals surface area contributed by atoms with Crippen LogP contribution in [0.2, 0.25) is 0 Å². The van der Waals surface area contributed by atoms with Crippen LogP contribution < -0.4 is 5.32 Å². The van der Waals surface area contributed by atoms with Gasteiger partial charge in [0.15, 0.2) is 0 Å². The molecule has 5 heteroatoms. The quantitative estimate of drug-likeness (QED) is 0.815. The van der Waals surface area contributed by atoms with E-state index in [2.05, 4.69) is 12.2 Å². The molecule has 0 fully saturated rings. The maximum atomic E-state index is 12.5. The van der Waals surface area contributed by atoms with Crippen molar-refractivity contribution in [2.24, 2.45) is 0 Å². The molecule has 0 aromatic heterocycles. The van der Waals surface area contributed by atoms with E-state index in [0.29, 0.717) is 6.04 Å². The zero-order chi connectivity index (χ0) is 14.3. The minimum Gasteiger partial charge on any atom is -0.313 e. The van der Waals surface area contributed by atoms with Crippen LogP contribution >= 0.6 is 11.8 Å². The fraction of sp³-hybridized carbons (Fsp3) is 0.571. The highest BCUT2D eigenvalue weighted by molar-refractivity contribution is 7.98. The molecular weight excluding hydrogens is 271 g/mol. The van der Waals surface area contributed by atoms with Crippen LogP contribution in [0.3, 0.4) is 0 Å². The first-order chi connectivity index (χ1) is 8.97. The van der Waals surface area contributed by atoms with Gasteiger partial charge in [0.1, 0.15) is 0 Å². The minimum absolute atomic E-state index is 0.312. The molecule has 1 unspecified atom stereocenters. The molecule has 0 aliphatic rings. The summed E-state index contributed by atoms with van der Waals surface area (Å²) in [5.74, 6) is 0.959. The molecule has 0 amide bonds. The lowest BCUT2D eigenvalue weighted by Gasteiger charge is -2.18. The zero-order valence-electron chi connectivity index (χ0n) is 11.3. The third-order valence-electron chi connectivity index (χ3n) is 2.81. The van der Waals surface area contributed by atoms with Crippen molar-refractivity contribution in [3.8, 4) is 0 Å². The number of nitrogens with one attached hydrogen (secondary N) is 1. The van der Waals surface area contributed by atoms with Gasteiger partial charge in [-0.15, -0.1) is 0 Å². The summed E-state index contributed by atoms with van der Waals surface area (Å²) in [6.07, 6.45) is -0.401. The Bertz CT molecular complexity index is 362. The second-order valence-electron chi connectivity index (χ2n) is 4.51. The molecule has 0 spiro atoms. The van der Waals surface area contributed by atoms with E-state index in [4.69, 9.17) is 0 Å². The molecule has 0 aliphatic carbocycles. The number of alkyl halides is 3. The van der Waals surface area contributed by atoms with Crippen molar-refractivity contribution in [2.75, 3.05) is 18.6 Å². The molecule has 0 bridgehead atoms. The second kappa shape index (κ2) is 7.80. The minimum atomic E-state index is -4.25. The van der Waals surface area contributed by atoms with Gasteiger partial charge in [0.05, 0.1) is 5.56 Å². The van der Waals surface area contributed by atoms with Gasteiger partial charge in [0.2, 0.25) is 0 Å². The highest BCUT2D eigenvalue weighted by Gasteiger charge is 2.29. The molecule has 1 nitrogen and oxygen atoms in total. The number of hydrogen-bond acceptors (Lipinski definition) is 2. The second-order valence-corrected chi connectivity index (χ2v) is 5.42. The lowest BCUT2D eigenvalue weighted by atomic mass is 10.0. The Morgan fingerprint density at radius 2 is 1.84 bits per heavy atom. The summed E-state index contributed by atoms with van der Waals surface area (Å²) >= 11 is 1.74. The fourth-order valence-electron chi connectivity index (χ4n) is 1.85. The van der Waals surface area contributed by atoms with Gasteiger partial charge in [0, 0.05) is 11.8 Å². The van der Waals surface area contributed by atoms with E-state index in [1.54, 1.807) is 23.9 Å². The molecule has 0 radical (unpaired) electrons. The Morgan fingerprint density at radius 1 is 1.21 bits per heavy atom. The van der Waals surface area contributed by atoms with Crippen LogP contribution in [-0.2, 0) is 12.6 Å². The maximum Gasteiger partial charge on any atom is 0.416 e. The van der Waals surface area contributed by atoms with Gasteiger partial charge in [-0.25, -0.2) is 0 Å². The summed E-state index contributed by atoms with van der Waals surface area (Å²) in [5, 5.41) is 3.42. The number of benzene rings is 1. The van der Waals surface area contributed by atoms with Crippen molar-refractivity contribution >= 4 is 11.8 Å². The average molecular weight is 291 g/mol. The molecule has 1 aromatic rings. The monoisotopic (exact) mass is 291 g/mol. The maximum absolute atomic E-state index is 12.5. The van der Waals surface area contributed by atoms with Crippen LogP contribution in [0.25, 0.3) is 0 Å². The Morgan fingerprint density at radius 3 is 2.32 bits per heavy atom. The van der Waals surface area contributed by atoms with E-state index in [9.17, 15) is 13.2 Å². The summed E-state index contributed by atoms with van der Waals surface area (Å²) in [5.41, 5.74) is 0.356. The van der Waals surface area contributed by atoms with Crippen molar-refractivity contribution in [1.82, 2.24) is 5.32 Å². The van der Waals surface area contributed by atoms with Crippen LogP contribution in [0, 0.1) is 0 Å². The predicted octanol–water partition coefficient (Wildman–Crippen LogP) is 3.98. The summed E-state index contributed by atoms with van der Waals surface area (Å²) in [7, 11) is 0. The Kier molecular flexibility index (Phi) is 6.72. The van der Waals surface area contributed by atoms with Crippen molar-refractivity contribution in [3.05, 3.63) is 35.4 Å². The molecule has 1 rings (SSSR count).